The van der Waals surface area contributed by atoms with Crippen molar-refractivity contribution in [3.63, 3.8) is 0 Å². The number of anilines is 1. The van der Waals surface area contributed by atoms with Gasteiger partial charge in [0.05, 0.1) is 16.0 Å². The average Bonchev–Trinajstić information content (AvgIpc) is 3.00. The van der Waals surface area contributed by atoms with Crippen molar-refractivity contribution in [2.75, 3.05) is 5.73 Å². The molecule has 0 radical (unpaired) electrons. The third-order valence-corrected chi connectivity index (χ3v) is 3.51. The zero-order chi connectivity index (χ0) is 12.5. The fourth-order valence-corrected chi connectivity index (χ4v) is 2.46. The fourth-order valence-electron chi connectivity index (χ4n) is 1.85. The summed E-state index contributed by atoms with van der Waals surface area (Å²) in [6.45, 7) is 0. The van der Waals surface area contributed by atoms with Crippen LogP contribution in [0.2, 0.25) is 0 Å². The van der Waals surface area contributed by atoms with E-state index in [4.69, 9.17) is 5.73 Å². The lowest BCUT2D eigenvalue weighted by atomic mass is 10.1. The molecular formula is C12H11N5S. The number of hydrogen-bond donors (Lipinski definition) is 1. The van der Waals surface area contributed by atoms with Gasteiger partial charge in [-0.1, -0.05) is 0 Å². The summed E-state index contributed by atoms with van der Waals surface area (Å²) >= 11 is 1.55. The van der Waals surface area contributed by atoms with Crippen LogP contribution in [0, 0.1) is 0 Å². The van der Waals surface area contributed by atoms with E-state index in [0.29, 0.717) is 5.82 Å². The van der Waals surface area contributed by atoms with Crippen LogP contribution in [0.1, 0.15) is 0 Å². The Balaban J connectivity index is 2.26. The minimum atomic E-state index is 0.643. The summed E-state index contributed by atoms with van der Waals surface area (Å²) in [7, 11) is 1.84. The highest BCUT2D eigenvalue weighted by Gasteiger charge is 2.17. The summed E-state index contributed by atoms with van der Waals surface area (Å²) in [5.41, 5.74) is 10.7. The minimum Gasteiger partial charge on any atom is -0.383 e. The molecule has 0 aromatic carbocycles. The summed E-state index contributed by atoms with van der Waals surface area (Å²) in [5, 5.41) is 4.47. The van der Waals surface area contributed by atoms with Crippen molar-refractivity contribution in [2.24, 2.45) is 7.05 Å². The second kappa shape index (κ2) is 4.23. The number of pyridine rings is 1. The van der Waals surface area contributed by atoms with Crippen LogP contribution < -0.4 is 5.73 Å². The maximum atomic E-state index is 6.11. The molecule has 0 bridgehead atoms. The van der Waals surface area contributed by atoms with Crippen LogP contribution >= 0.6 is 11.3 Å². The van der Waals surface area contributed by atoms with Crippen molar-refractivity contribution < 1.29 is 0 Å². The summed E-state index contributed by atoms with van der Waals surface area (Å²) < 4.78 is 1.69. The number of nitrogens with zero attached hydrogens (tertiary/aromatic N) is 4. The van der Waals surface area contributed by atoms with Crippen molar-refractivity contribution in [3.8, 4) is 21.7 Å². The molecule has 0 aliphatic carbocycles. The molecule has 18 heavy (non-hydrogen) atoms. The first-order valence-electron chi connectivity index (χ1n) is 5.39. The standard InChI is InChI=1S/C12H11N5S/c1-17-12(13)10(8-2-4-14-5-3-8)11(16-17)9-6-15-7-18-9/h2-7H,13H2,1H3. The van der Waals surface area contributed by atoms with Crippen molar-refractivity contribution in [1.29, 1.82) is 0 Å². The quantitative estimate of drug-likeness (QED) is 0.764. The molecule has 0 spiro atoms. The van der Waals surface area contributed by atoms with Crippen LogP contribution in [0.15, 0.2) is 36.2 Å². The molecule has 3 aromatic heterocycles. The molecule has 0 amide bonds. The lowest BCUT2D eigenvalue weighted by Crippen LogP contribution is -1.97. The summed E-state index contributed by atoms with van der Waals surface area (Å²) in [6.07, 6.45) is 5.30. The summed E-state index contributed by atoms with van der Waals surface area (Å²) in [4.78, 5) is 9.12. The maximum Gasteiger partial charge on any atom is 0.129 e. The smallest absolute Gasteiger partial charge is 0.129 e. The summed E-state index contributed by atoms with van der Waals surface area (Å²) in [6, 6.07) is 3.86. The second-order valence-corrected chi connectivity index (χ2v) is 4.72. The Morgan fingerprint density at radius 3 is 2.67 bits per heavy atom. The zero-order valence-corrected chi connectivity index (χ0v) is 10.6. The van der Waals surface area contributed by atoms with Crippen molar-refractivity contribution in [3.05, 3.63) is 36.2 Å². The van der Waals surface area contributed by atoms with E-state index in [1.807, 2.05) is 19.2 Å². The van der Waals surface area contributed by atoms with Crippen LogP contribution in [0.5, 0.6) is 0 Å². The molecule has 6 heteroatoms. The predicted molar refractivity (Wildman–Crippen MR) is 72.0 cm³/mol. The molecule has 0 aliphatic rings. The molecule has 0 unspecified atom stereocenters. The van der Waals surface area contributed by atoms with E-state index in [1.54, 1.807) is 40.1 Å². The molecule has 0 saturated carbocycles. The van der Waals surface area contributed by atoms with Gasteiger partial charge in [-0.3, -0.25) is 14.6 Å². The average molecular weight is 257 g/mol. The van der Waals surface area contributed by atoms with Crippen LogP contribution in [-0.4, -0.2) is 19.7 Å². The lowest BCUT2D eigenvalue weighted by molar-refractivity contribution is 0.783. The van der Waals surface area contributed by atoms with Gasteiger partial charge in [-0.25, -0.2) is 0 Å². The molecule has 90 valence electrons. The molecular weight excluding hydrogens is 246 g/mol. The molecule has 0 fully saturated rings. The Labute approximate surface area is 108 Å². The van der Waals surface area contributed by atoms with E-state index in [2.05, 4.69) is 15.1 Å². The van der Waals surface area contributed by atoms with Gasteiger partial charge in [-0.05, 0) is 17.7 Å². The number of nitrogens with two attached hydrogens (primary N) is 1. The van der Waals surface area contributed by atoms with Gasteiger partial charge in [0.15, 0.2) is 0 Å². The first-order chi connectivity index (χ1) is 8.77. The number of rotatable bonds is 2. The third kappa shape index (κ3) is 1.67. The van der Waals surface area contributed by atoms with Crippen LogP contribution in [0.3, 0.4) is 0 Å². The van der Waals surface area contributed by atoms with Gasteiger partial charge in [0.2, 0.25) is 0 Å². The second-order valence-electron chi connectivity index (χ2n) is 3.83. The van der Waals surface area contributed by atoms with E-state index in [1.165, 1.54) is 0 Å². The fraction of sp³-hybridized carbons (Fsp3) is 0.0833. The van der Waals surface area contributed by atoms with Crippen LogP contribution in [-0.2, 0) is 7.05 Å². The first kappa shape index (κ1) is 10.9. The van der Waals surface area contributed by atoms with Gasteiger partial charge in [0.1, 0.15) is 11.5 Å². The van der Waals surface area contributed by atoms with Crippen molar-refractivity contribution in [2.45, 2.75) is 0 Å². The van der Waals surface area contributed by atoms with Crippen LogP contribution in [0.25, 0.3) is 21.7 Å². The van der Waals surface area contributed by atoms with Gasteiger partial charge in [-0.2, -0.15) is 5.10 Å². The molecule has 3 aromatic rings. The van der Waals surface area contributed by atoms with Crippen LogP contribution in [0.4, 0.5) is 5.82 Å². The summed E-state index contributed by atoms with van der Waals surface area (Å²) in [5.74, 6) is 0.643. The highest BCUT2D eigenvalue weighted by Crippen LogP contribution is 2.36. The molecule has 0 saturated heterocycles. The largest absolute Gasteiger partial charge is 0.383 e. The number of aromatic nitrogens is 4. The van der Waals surface area contributed by atoms with Gasteiger partial charge in [0.25, 0.3) is 0 Å². The first-order valence-corrected chi connectivity index (χ1v) is 6.27. The normalized spacial score (nSPS) is 10.7. The lowest BCUT2D eigenvalue weighted by Gasteiger charge is -2.01. The highest BCUT2D eigenvalue weighted by molar-refractivity contribution is 7.13. The molecule has 3 rings (SSSR count). The topological polar surface area (TPSA) is 69.6 Å². The Morgan fingerprint density at radius 1 is 1.22 bits per heavy atom. The predicted octanol–water partition coefficient (Wildman–Crippen LogP) is 2.19. The molecule has 5 nitrogen and oxygen atoms in total. The highest BCUT2D eigenvalue weighted by atomic mass is 32.1. The monoisotopic (exact) mass is 257 g/mol. The third-order valence-electron chi connectivity index (χ3n) is 2.73. The number of nitrogen functional groups attached to an aromatic ring is 1. The maximum absolute atomic E-state index is 6.11. The Hall–Kier alpha value is -2.21. The van der Waals surface area contributed by atoms with Gasteiger partial charge < -0.3 is 5.73 Å². The molecule has 0 aliphatic heterocycles. The van der Waals surface area contributed by atoms with Crippen molar-refractivity contribution >= 4 is 17.2 Å². The Bertz CT molecular complexity index is 657. The van der Waals surface area contributed by atoms with E-state index in [0.717, 1.165) is 21.7 Å². The molecule has 2 N–H and O–H groups in total. The Kier molecular flexibility index (Phi) is 2.56. The van der Waals surface area contributed by atoms with Gasteiger partial charge >= 0.3 is 0 Å². The van der Waals surface area contributed by atoms with E-state index in [9.17, 15) is 0 Å². The SMILES string of the molecule is Cn1nc(-c2cncs2)c(-c2ccncc2)c1N. The Morgan fingerprint density at radius 2 is 2.00 bits per heavy atom. The number of thiazole rings is 1. The van der Waals surface area contributed by atoms with E-state index >= 15 is 0 Å². The molecule has 3 heterocycles. The molecule has 0 atom stereocenters. The van der Waals surface area contributed by atoms with E-state index in [-0.39, 0.29) is 0 Å². The minimum absolute atomic E-state index is 0.643. The number of hydrogen-bond acceptors (Lipinski definition) is 5. The van der Waals surface area contributed by atoms with Gasteiger partial charge in [-0.15, -0.1) is 11.3 Å². The zero-order valence-electron chi connectivity index (χ0n) is 9.74. The number of aryl methyl sites for hydroxylation is 1. The van der Waals surface area contributed by atoms with Gasteiger partial charge in [0, 0.05) is 25.6 Å². The van der Waals surface area contributed by atoms with Crippen molar-refractivity contribution in [1.82, 2.24) is 19.7 Å². The van der Waals surface area contributed by atoms with E-state index < -0.39 is 0 Å².